The molecule has 0 saturated carbocycles. The summed E-state index contributed by atoms with van der Waals surface area (Å²) in [6, 6.07) is 13.2. The predicted octanol–water partition coefficient (Wildman–Crippen LogP) is 3.42. The first-order chi connectivity index (χ1) is 14.0. The average Bonchev–Trinajstić information content (AvgIpc) is 3.13. The Hall–Kier alpha value is -2.90. The van der Waals surface area contributed by atoms with Crippen LogP contribution in [0, 0.1) is 0 Å². The van der Waals surface area contributed by atoms with Gasteiger partial charge in [-0.05, 0) is 48.0 Å². The Morgan fingerprint density at radius 1 is 1.21 bits per heavy atom. The van der Waals surface area contributed by atoms with Crippen LogP contribution in [-0.2, 0) is 16.1 Å². The number of pyridine rings is 1. The molecule has 6 nitrogen and oxygen atoms in total. The van der Waals surface area contributed by atoms with Gasteiger partial charge in [0.05, 0.1) is 9.85 Å². The fourth-order valence-electron chi connectivity index (χ4n) is 3.25. The van der Waals surface area contributed by atoms with Gasteiger partial charge in [0.15, 0.2) is 0 Å². The number of carbonyl (C=O) groups excluding carboxylic acids is 2. The molecule has 3 aromatic rings. The number of halogens is 1. The second-order valence-electron chi connectivity index (χ2n) is 6.81. The van der Waals surface area contributed by atoms with E-state index >= 15 is 0 Å². The number of amides is 2. The molecule has 29 heavy (non-hydrogen) atoms. The van der Waals surface area contributed by atoms with E-state index in [0.29, 0.717) is 29.8 Å². The molecule has 1 fully saturated rings. The van der Waals surface area contributed by atoms with E-state index in [9.17, 15) is 9.59 Å². The molecule has 4 rings (SSSR count). The van der Waals surface area contributed by atoms with Crippen molar-refractivity contribution in [2.75, 3.05) is 25.4 Å². The van der Waals surface area contributed by atoms with Crippen LogP contribution in [0.2, 0.25) is 4.34 Å². The summed E-state index contributed by atoms with van der Waals surface area (Å²) in [7, 11) is 0. The maximum Gasteiger partial charge on any atom is 0.247 e. The highest BCUT2D eigenvalue weighted by molar-refractivity contribution is 7.17. The van der Waals surface area contributed by atoms with E-state index in [1.54, 1.807) is 28.0 Å². The van der Waals surface area contributed by atoms with Crippen LogP contribution in [0.5, 0.6) is 0 Å². The van der Waals surface area contributed by atoms with Gasteiger partial charge in [-0.3, -0.25) is 9.59 Å². The molecular formula is C21H19ClN4O2S. The third-order valence-corrected chi connectivity index (χ3v) is 5.96. The van der Waals surface area contributed by atoms with Gasteiger partial charge in [0.1, 0.15) is 12.4 Å². The molecule has 0 unspecified atom stereocenters. The van der Waals surface area contributed by atoms with Gasteiger partial charge in [0.25, 0.3) is 0 Å². The number of anilines is 1. The number of benzene rings is 1. The van der Waals surface area contributed by atoms with Gasteiger partial charge >= 0.3 is 0 Å². The SMILES string of the molecule is Nc1ccc2cc(CN3CCN(C(=O)C=Cc4ccc(Cl)s4)CC3=O)ccc2n1. The highest BCUT2D eigenvalue weighted by Gasteiger charge is 2.26. The smallest absolute Gasteiger partial charge is 0.247 e. The van der Waals surface area contributed by atoms with Crippen LogP contribution < -0.4 is 5.73 Å². The molecule has 0 spiro atoms. The lowest BCUT2D eigenvalue weighted by molar-refractivity contribution is -0.143. The molecule has 1 aromatic carbocycles. The number of piperazine rings is 1. The quantitative estimate of drug-likeness (QED) is 0.648. The van der Waals surface area contributed by atoms with Crippen molar-refractivity contribution >= 4 is 57.5 Å². The number of nitrogen functional groups attached to an aromatic ring is 1. The van der Waals surface area contributed by atoms with Gasteiger partial charge in [-0.15, -0.1) is 11.3 Å². The van der Waals surface area contributed by atoms with Crippen molar-refractivity contribution in [2.45, 2.75) is 6.54 Å². The summed E-state index contributed by atoms with van der Waals surface area (Å²) in [5.74, 6) is 0.252. The molecule has 3 heterocycles. The highest BCUT2D eigenvalue weighted by atomic mass is 35.5. The number of aromatic nitrogens is 1. The minimum atomic E-state index is -0.170. The molecule has 0 aliphatic carbocycles. The number of rotatable bonds is 4. The van der Waals surface area contributed by atoms with Crippen LogP contribution in [0.3, 0.4) is 0 Å². The first-order valence-corrected chi connectivity index (χ1v) is 10.3. The van der Waals surface area contributed by atoms with Gasteiger partial charge in [0.2, 0.25) is 11.8 Å². The normalized spacial score (nSPS) is 14.9. The lowest BCUT2D eigenvalue weighted by Gasteiger charge is -2.34. The third-order valence-electron chi connectivity index (χ3n) is 4.76. The van der Waals surface area contributed by atoms with Crippen molar-refractivity contribution in [1.82, 2.24) is 14.8 Å². The summed E-state index contributed by atoms with van der Waals surface area (Å²) in [6.07, 6.45) is 3.22. The molecule has 1 saturated heterocycles. The highest BCUT2D eigenvalue weighted by Crippen LogP contribution is 2.22. The van der Waals surface area contributed by atoms with Gasteiger partial charge in [-0.25, -0.2) is 4.98 Å². The van der Waals surface area contributed by atoms with Crippen molar-refractivity contribution in [1.29, 1.82) is 0 Å². The van der Waals surface area contributed by atoms with E-state index in [1.165, 1.54) is 17.4 Å². The van der Waals surface area contributed by atoms with Gasteiger partial charge < -0.3 is 15.5 Å². The molecule has 2 amide bonds. The molecule has 1 aliphatic rings. The Morgan fingerprint density at radius 3 is 2.83 bits per heavy atom. The van der Waals surface area contributed by atoms with Crippen LogP contribution in [0.1, 0.15) is 10.4 Å². The van der Waals surface area contributed by atoms with E-state index in [1.807, 2.05) is 30.3 Å². The van der Waals surface area contributed by atoms with Crippen molar-refractivity contribution in [2.24, 2.45) is 0 Å². The summed E-state index contributed by atoms with van der Waals surface area (Å²) in [5, 5.41) is 0.983. The molecule has 0 bridgehead atoms. The predicted molar refractivity (Wildman–Crippen MR) is 117 cm³/mol. The summed E-state index contributed by atoms with van der Waals surface area (Å²) >= 11 is 7.30. The molecule has 2 aromatic heterocycles. The first kappa shape index (κ1) is 19.4. The molecule has 2 N–H and O–H groups in total. The van der Waals surface area contributed by atoms with Gasteiger partial charge in [0, 0.05) is 36.0 Å². The van der Waals surface area contributed by atoms with Crippen molar-refractivity contribution in [3.05, 3.63) is 63.3 Å². The number of hydrogen-bond donors (Lipinski definition) is 1. The fraction of sp³-hybridized carbons (Fsp3) is 0.190. The van der Waals surface area contributed by atoms with E-state index in [2.05, 4.69) is 4.98 Å². The number of thiophene rings is 1. The van der Waals surface area contributed by atoms with Crippen LogP contribution >= 0.6 is 22.9 Å². The summed E-state index contributed by atoms with van der Waals surface area (Å²) in [6.45, 7) is 1.60. The van der Waals surface area contributed by atoms with Crippen molar-refractivity contribution in [3.63, 3.8) is 0 Å². The summed E-state index contributed by atoms with van der Waals surface area (Å²) in [5.41, 5.74) is 7.56. The standard InChI is InChI=1S/C21H19ClN4O2S/c22-18-6-3-16(29-18)4-8-20(27)26-10-9-25(21(28)13-26)12-14-1-5-17-15(11-14)2-7-19(23)24-17/h1-8,11H,9-10,12-13H2,(H2,23,24). The Balaban J connectivity index is 1.37. The second-order valence-corrected chi connectivity index (χ2v) is 8.56. The summed E-state index contributed by atoms with van der Waals surface area (Å²) in [4.78, 5) is 33.5. The maximum absolute atomic E-state index is 12.6. The third kappa shape index (κ3) is 4.58. The lowest BCUT2D eigenvalue weighted by Crippen LogP contribution is -2.51. The Kier molecular flexibility index (Phi) is 5.51. The zero-order valence-corrected chi connectivity index (χ0v) is 17.1. The van der Waals surface area contributed by atoms with Crippen LogP contribution in [0.4, 0.5) is 5.82 Å². The number of nitrogens with two attached hydrogens (primary N) is 1. The number of hydrogen-bond acceptors (Lipinski definition) is 5. The minimum Gasteiger partial charge on any atom is -0.384 e. The molecular weight excluding hydrogens is 408 g/mol. The first-order valence-electron chi connectivity index (χ1n) is 9.13. The second kappa shape index (κ2) is 8.23. The monoisotopic (exact) mass is 426 g/mol. The molecule has 148 valence electrons. The van der Waals surface area contributed by atoms with E-state index in [4.69, 9.17) is 17.3 Å². The topological polar surface area (TPSA) is 79.5 Å². The zero-order chi connectivity index (χ0) is 20.4. The van der Waals surface area contributed by atoms with E-state index in [0.717, 1.165) is 21.3 Å². The Morgan fingerprint density at radius 2 is 2.07 bits per heavy atom. The van der Waals surface area contributed by atoms with Crippen LogP contribution in [0.15, 0.2) is 48.5 Å². The van der Waals surface area contributed by atoms with Crippen LogP contribution in [0.25, 0.3) is 17.0 Å². The van der Waals surface area contributed by atoms with E-state index in [-0.39, 0.29) is 18.4 Å². The fourth-order valence-corrected chi connectivity index (χ4v) is 4.21. The van der Waals surface area contributed by atoms with Crippen molar-refractivity contribution < 1.29 is 9.59 Å². The Labute approximate surface area is 177 Å². The average molecular weight is 427 g/mol. The number of carbonyl (C=O) groups is 2. The largest absolute Gasteiger partial charge is 0.384 e. The van der Waals surface area contributed by atoms with E-state index < -0.39 is 0 Å². The lowest BCUT2D eigenvalue weighted by atomic mass is 10.1. The Bertz CT molecular complexity index is 1110. The zero-order valence-electron chi connectivity index (χ0n) is 15.5. The molecule has 0 radical (unpaired) electrons. The summed E-state index contributed by atoms with van der Waals surface area (Å²) < 4.78 is 0.675. The molecule has 0 atom stereocenters. The van der Waals surface area contributed by atoms with Crippen molar-refractivity contribution in [3.8, 4) is 0 Å². The molecule has 1 aliphatic heterocycles. The van der Waals surface area contributed by atoms with Crippen LogP contribution in [-0.4, -0.2) is 46.2 Å². The van der Waals surface area contributed by atoms with Gasteiger partial charge in [-0.1, -0.05) is 17.7 Å². The van der Waals surface area contributed by atoms with Gasteiger partial charge in [-0.2, -0.15) is 0 Å². The minimum absolute atomic E-state index is 0.0623. The number of fused-ring (bicyclic) bond motifs is 1. The maximum atomic E-state index is 12.6. The molecule has 8 heteroatoms. The number of nitrogens with zero attached hydrogens (tertiary/aromatic N) is 3.